The minimum absolute atomic E-state index is 0.0802. The van der Waals surface area contributed by atoms with Gasteiger partial charge < -0.3 is 32.7 Å². The Balaban J connectivity index is 2.41. The van der Waals surface area contributed by atoms with E-state index in [4.69, 9.17) is 11.5 Å². The molecule has 1 aliphatic heterocycles. The summed E-state index contributed by atoms with van der Waals surface area (Å²) in [5.41, 5.74) is 11.3. The first-order valence-corrected chi connectivity index (χ1v) is 12.8. The van der Waals surface area contributed by atoms with Gasteiger partial charge in [-0.2, -0.15) is 0 Å². The lowest BCUT2D eigenvalue weighted by atomic mass is 9.92. The molecule has 1 aromatic carbocycles. The Hall–Kier alpha value is -3.96. The molecule has 12 nitrogen and oxygen atoms in total. The second-order valence-corrected chi connectivity index (χ2v) is 9.60. The van der Waals surface area contributed by atoms with Gasteiger partial charge in [-0.3, -0.25) is 29.0 Å². The average molecular weight is 530 g/mol. The van der Waals surface area contributed by atoms with Crippen molar-refractivity contribution in [2.24, 2.45) is 28.3 Å². The second kappa shape index (κ2) is 14.7. The van der Waals surface area contributed by atoms with Gasteiger partial charge in [-0.05, 0) is 24.8 Å². The Morgan fingerprint density at radius 2 is 1.74 bits per heavy atom. The van der Waals surface area contributed by atoms with Crippen LogP contribution in [0.3, 0.4) is 0 Å². The predicted octanol–water partition coefficient (Wildman–Crippen LogP) is -0.362. The maximum absolute atomic E-state index is 13.3. The topological polar surface area (TPSA) is 198 Å². The molecule has 0 aromatic heterocycles. The summed E-state index contributed by atoms with van der Waals surface area (Å²) in [6.07, 6.45) is 0.757. The number of nitrogens with one attached hydrogen (secondary N) is 4. The average Bonchev–Trinajstić information content (AvgIpc) is 2.89. The van der Waals surface area contributed by atoms with Crippen LogP contribution in [0.2, 0.25) is 0 Å². The van der Waals surface area contributed by atoms with Crippen molar-refractivity contribution in [3.05, 3.63) is 35.9 Å². The number of Topliss-reactive ketones (excluding diaryl/α,β-unsaturated/α-hetero) is 1. The number of hydrogen-bond acceptors (Lipinski definition) is 6. The number of carbonyl (C=O) groups is 5. The Bertz CT molecular complexity index is 1020. The first kappa shape index (κ1) is 30.3. The molecule has 0 radical (unpaired) electrons. The molecule has 2 rings (SSSR count). The van der Waals surface area contributed by atoms with E-state index in [2.05, 4.69) is 26.3 Å². The van der Waals surface area contributed by atoms with Gasteiger partial charge in [-0.1, -0.05) is 51.1 Å². The van der Waals surface area contributed by atoms with Gasteiger partial charge >= 0.3 is 0 Å². The van der Waals surface area contributed by atoms with Gasteiger partial charge in [0.05, 0.1) is 0 Å². The number of nitrogens with two attached hydrogens (primary N) is 2. The minimum Gasteiger partial charge on any atom is -0.370 e. The molecule has 1 aliphatic rings. The minimum atomic E-state index is -1.07. The molecule has 0 spiro atoms. The molecule has 12 heteroatoms. The largest absolute Gasteiger partial charge is 0.370 e. The van der Waals surface area contributed by atoms with Crippen molar-refractivity contribution >= 4 is 35.4 Å². The van der Waals surface area contributed by atoms with Crippen LogP contribution in [0.15, 0.2) is 35.3 Å². The van der Waals surface area contributed by atoms with Crippen molar-refractivity contribution in [2.75, 3.05) is 13.1 Å². The third-order valence-corrected chi connectivity index (χ3v) is 6.26. The molecular weight excluding hydrogens is 490 g/mol. The van der Waals surface area contributed by atoms with E-state index >= 15 is 0 Å². The van der Waals surface area contributed by atoms with Crippen LogP contribution >= 0.6 is 0 Å². The Labute approximate surface area is 222 Å². The Morgan fingerprint density at radius 1 is 1.05 bits per heavy atom. The van der Waals surface area contributed by atoms with Gasteiger partial charge in [0.2, 0.25) is 23.6 Å². The number of carbonyl (C=O) groups excluding carboxylic acids is 5. The fourth-order valence-electron chi connectivity index (χ4n) is 3.98. The highest BCUT2D eigenvalue weighted by Crippen LogP contribution is 2.17. The molecule has 0 unspecified atom stereocenters. The van der Waals surface area contributed by atoms with Crippen molar-refractivity contribution in [1.82, 2.24) is 21.3 Å². The lowest BCUT2D eigenvalue weighted by Gasteiger charge is -2.23. The quantitative estimate of drug-likeness (QED) is 0.150. The van der Waals surface area contributed by atoms with E-state index in [0.717, 1.165) is 0 Å². The number of aliphatic imine (C=N–C) groups is 1. The van der Waals surface area contributed by atoms with Gasteiger partial charge in [-0.25, -0.2) is 0 Å². The van der Waals surface area contributed by atoms with E-state index in [0.29, 0.717) is 12.0 Å². The Kier molecular flexibility index (Phi) is 11.7. The van der Waals surface area contributed by atoms with Gasteiger partial charge in [0, 0.05) is 31.3 Å². The molecule has 1 aromatic rings. The first-order valence-electron chi connectivity index (χ1n) is 12.8. The van der Waals surface area contributed by atoms with E-state index in [9.17, 15) is 24.0 Å². The van der Waals surface area contributed by atoms with Crippen molar-refractivity contribution in [1.29, 1.82) is 0 Å². The van der Waals surface area contributed by atoms with Gasteiger partial charge in [-0.15, -0.1) is 0 Å². The number of benzene rings is 1. The fourth-order valence-corrected chi connectivity index (χ4v) is 3.98. The SMILES string of the molecule is CC[C@@H]1NC(=O)[C@H](CCCN=C(N)N)CC(=O)[C@H](NC(=O)C(C)C)CNC(=O)[C@@H](c2ccccc2)NC1=O. The first-order chi connectivity index (χ1) is 18.0. The molecule has 1 fully saturated rings. The van der Waals surface area contributed by atoms with E-state index < -0.39 is 53.5 Å². The molecule has 208 valence electrons. The standard InChI is InChI=1S/C26H39N7O5/c1-4-18-24(37)33-21(16-9-6-5-7-10-16)25(38)30-14-19(32-22(35)15(2)3)20(34)13-17(23(36)31-18)11-8-12-29-26(27)28/h5-7,9-10,15,17-19,21H,4,8,11-14H2,1-3H3,(H,30,38)(H,31,36)(H,32,35)(H,33,37)(H4,27,28,29)/t17-,18+,19-,21-/m1/s1. The van der Waals surface area contributed by atoms with Gasteiger partial charge in [0.25, 0.3) is 0 Å². The molecule has 4 atom stereocenters. The summed E-state index contributed by atoms with van der Waals surface area (Å²) in [4.78, 5) is 69.3. The number of nitrogens with zero attached hydrogens (tertiary/aromatic N) is 1. The second-order valence-electron chi connectivity index (χ2n) is 9.60. The molecule has 0 aliphatic carbocycles. The smallest absolute Gasteiger partial charge is 0.247 e. The third-order valence-electron chi connectivity index (χ3n) is 6.26. The summed E-state index contributed by atoms with van der Waals surface area (Å²) in [5.74, 6) is -3.60. The van der Waals surface area contributed by atoms with Crippen LogP contribution in [-0.4, -0.2) is 60.5 Å². The van der Waals surface area contributed by atoms with Crippen LogP contribution in [-0.2, 0) is 24.0 Å². The van der Waals surface area contributed by atoms with E-state index in [1.165, 1.54) is 0 Å². The monoisotopic (exact) mass is 529 g/mol. The number of rotatable bonds is 8. The highest BCUT2D eigenvalue weighted by atomic mass is 16.2. The summed E-state index contributed by atoms with van der Waals surface area (Å²) >= 11 is 0. The number of guanidine groups is 1. The maximum atomic E-state index is 13.3. The normalized spacial score (nSPS) is 23.2. The van der Waals surface area contributed by atoms with E-state index in [1.54, 1.807) is 51.1 Å². The maximum Gasteiger partial charge on any atom is 0.247 e. The van der Waals surface area contributed by atoms with Crippen LogP contribution in [0.4, 0.5) is 0 Å². The summed E-state index contributed by atoms with van der Waals surface area (Å²) in [6, 6.07) is 5.58. The molecule has 4 amide bonds. The summed E-state index contributed by atoms with van der Waals surface area (Å²) in [5, 5.41) is 10.8. The Morgan fingerprint density at radius 3 is 2.34 bits per heavy atom. The number of ketones is 1. The fraction of sp³-hybridized carbons (Fsp3) is 0.538. The van der Waals surface area contributed by atoms with Gasteiger partial charge in [0.15, 0.2) is 11.7 Å². The summed E-state index contributed by atoms with van der Waals surface area (Å²) in [7, 11) is 0. The van der Waals surface area contributed by atoms with Crippen LogP contribution in [0.25, 0.3) is 0 Å². The zero-order chi connectivity index (χ0) is 28.2. The van der Waals surface area contributed by atoms with Crippen molar-refractivity contribution < 1.29 is 24.0 Å². The zero-order valence-corrected chi connectivity index (χ0v) is 22.2. The molecule has 1 heterocycles. The molecule has 1 saturated heterocycles. The molecular formula is C26H39N7O5. The van der Waals surface area contributed by atoms with Crippen molar-refractivity contribution in [3.63, 3.8) is 0 Å². The number of hydrogen-bond donors (Lipinski definition) is 6. The molecule has 8 N–H and O–H groups in total. The van der Waals surface area contributed by atoms with E-state index in [1.807, 2.05) is 0 Å². The highest BCUT2D eigenvalue weighted by Gasteiger charge is 2.33. The molecule has 38 heavy (non-hydrogen) atoms. The number of amides is 4. The van der Waals surface area contributed by atoms with Crippen molar-refractivity contribution in [3.8, 4) is 0 Å². The van der Waals surface area contributed by atoms with Crippen LogP contribution in [0, 0.1) is 11.8 Å². The predicted molar refractivity (Wildman–Crippen MR) is 142 cm³/mol. The third kappa shape index (κ3) is 9.16. The zero-order valence-electron chi connectivity index (χ0n) is 22.2. The summed E-state index contributed by atoms with van der Waals surface area (Å²) < 4.78 is 0. The molecule has 0 saturated carbocycles. The lowest BCUT2D eigenvalue weighted by Crippen LogP contribution is -2.52. The van der Waals surface area contributed by atoms with Crippen LogP contribution in [0.5, 0.6) is 0 Å². The van der Waals surface area contributed by atoms with Gasteiger partial charge in [0.1, 0.15) is 18.1 Å². The van der Waals surface area contributed by atoms with Crippen molar-refractivity contribution in [2.45, 2.75) is 64.6 Å². The lowest BCUT2D eigenvalue weighted by molar-refractivity contribution is -0.134. The van der Waals surface area contributed by atoms with Crippen LogP contribution < -0.4 is 32.7 Å². The summed E-state index contributed by atoms with van der Waals surface area (Å²) in [6.45, 7) is 5.17. The van der Waals surface area contributed by atoms with E-state index in [-0.39, 0.29) is 44.2 Å². The highest BCUT2D eigenvalue weighted by molar-refractivity contribution is 5.96. The van der Waals surface area contributed by atoms with Crippen LogP contribution in [0.1, 0.15) is 58.1 Å². The molecule has 0 bridgehead atoms.